The molecule has 0 aliphatic rings. The van der Waals surface area contributed by atoms with Gasteiger partial charge in [-0.15, -0.1) is 5.10 Å². The number of ether oxygens (including phenoxy) is 1. The third kappa shape index (κ3) is 3.49. The molecule has 1 N–H and O–H groups in total. The van der Waals surface area contributed by atoms with Gasteiger partial charge in [-0.1, -0.05) is 41.2 Å². The van der Waals surface area contributed by atoms with Crippen molar-refractivity contribution in [3.8, 4) is 5.75 Å². The summed E-state index contributed by atoms with van der Waals surface area (Å²) in [5.74, 6) is 0.378. The molecule has 1 aromatic heterocycles. The molecule has 1 amide bonds. The number of fused-ring (bicyclic) bond motifs is 1. The summed E-state index contributed by atoms with van der Waals surface area (Å²) in [6.07, 6.45) is -0.629. The second kappa shape index (κ2) is 6.88. The Kier molecular flexibility index (Phi) is 4.66. The van der Waals surface area contributed by atoms with Crippen molar-refractivity contribution in [3.63, 3.8) is 0 Å². The van der Waals surface area contributed by atoms with Crippen LogP contribution in [0.5, 0.6) is 5.75 Å². The van der Waals surface area contributed by atoms with Crippen LogP contribution in [0.2, 0.25) is 0 Å². The van der Waals surface area contributed by atoms with E-state index in [1.807, 2.05) is 67.1 Å². The zero-order valence-corrected chi connectivity index (χ0v) is 14.6. The Hall–Kier alpha value is -2.60. The highest BCUT2D eigenvalue weighted by Crippen LogP contribution is 2.15. The van der Waals surface area contributed by atoms with Crippen molar-refractivity contribution in [3.05, 3.63) is 58.9 Å². The first kappa shape index (κ1) is 16.3. The first-order valence-corrected chi connectivity index (χ1v) is 8.48. The fraction of sp³-hybridized carbons (Fsp3) is 0.222. The van der Waals surface area contributed by atoms with E-state index < -0.39 is 6.10 Å². The average molecular weight is 341 g/mol. The van der Waals surface area contributed by atoms with E-state index in [2.05, 4.69) is 10.5 Å². The van der Waals surface area contributed by atoms with Crippen molar-refractivity contribution in [2.24, 2.45) is 12.1 Å². The van der Waals surface area contributed by atoms with Crippen molar-refractivity contribution in [2.75, 3.05) is 0 Å². The number of aryl methyl sites for hydroxylation is 2. The van der Waals surface area contributed by atoms with Crippen molar-refractivity contribution >= 4 is 27.5 Å². The lowest BCUT2D eigenvalue weighted by atomic mass is 10.2. The summed E-state index contributed by atoms with van der Waals surface area (Å²) in [4.78, 5) is 12.9. The number of carbonyl (C=O) groups excluding carboxylic acids is 1. The molecule has 0 spiro atoms. The fourth-order valence-corrected chi connectivity index (χ4v) is 3.24. The summed E-state index contributed by atoms with van der Waals surface area (Å²) in [5, 5.41) is 4.22. The Labute approximate surface area is 144 Å². The minimum Gasteiger partial charge on any atom is -0.481 e. The zero-order chi connectivity index (χ0) is 17.1. The van der Waals surface area contributed by atoms with E-state index >= 15 is 0 Å². The second-order valence-corrected chi connectivity index (χ2v) is 6.58. The maximum atomic E-state index is 12.2. The van der Waals surface area contributed by atoms with Crippen molar-refractivity contribution in [1.29, 1.82) is 0 Å². The van der Waals surface area contributed by atoms with E-state index in [0.717, 1.165) is 20.6 Å². The Bertz CT molecular complexity index is 925. The maximum Gasteiger partial charge on any atom is 0.280 e. The molecule has 1 heterocycles. The molecular weight excluding hydrogens is 322 g/mol. The molecule has 2 aromatic carbocycles. The van der Waals surface area contributed by atoms with Gasteiger partial charge in [-0.2, -0.15) is 0 Å². The van der Waals surface area contributed by atoms with Crippen LogP contribution in [0.25, 0.3) is 10.2 Å². The van der Waals surface area contributed by atoms with Crippen LogP contribution in [0.15, 0.2) is 53.6 Å². The van der Waals surface area contributed by atoms with Crippen molar-refractivity contribution in [2.45, 2.75) is 20.0 Å². The molecule has 0 saturated heterocycles. The molecule has 0 bridgehead atoms. The lowest BCUT2D eigenvalue weighted by Gasteiger charge is -2.12. The number of aromatic nitrogens is 1. The monoisotopic (exact) mass is 341 g/mol. The van der Waals surface area contributed by atoms with E-state index in [1.165, 1.54) is 11.3 Å². The van der Waals surface area contributed by atoms with Crippen LogP contribution in [-0.4, -0.2) is 16.6 Å². The minimum atomic E-state index is -0.629. The highest BCUT2D eigenvalue weighted by Gasteiger charge is 2.14. The number of nitrogens with zero attached hydrogens (tertiary/aromatic N) is 2. The average Bonchev–Trinajstić information content (AvgIpc) is 2.91. The SMILES string of the molecule is Cc1ccc(OC(C)C(=O)N/N=c2\sc3ccccc3n2C)cc1. The van der Waals surface area contributed by atoms with Crippen LogP contribution < -0.4 is 15.0 Å². The fourth-order valence-electron chi connectivity index (χ4n) is 2.26. The molecule has 6 heteroatoms. The highest BCUT2D eigenvalue weighted by molar-refractivity contribution is 7.16. The van der Waals surface area contributed by atoms with Crippen LogP contribution >= 0.6 is 11.3 Å². The number of benzene rings is 2. The molecule has 5 nitrogen and oxygen atoms in total. The summed E-state index contributed by atoms with van der Waals surface area (Å²) in [7, 11) is 1.93. The minimum absolute atomic E-state index is 0.284. The zero-order valence-electron chi connectivity index (χ0n) is 13.8. The van der Waals surface area contributed by atoms with Crippen LogP contribution in [0.4, 0.5) is 0 Å². The summed E-state index contributed by atoms with van der Waals surface area (Å²) >= 11 is 1.52. The van der Waals surface area contributed by atoms with Gasteiger partial charge >= 0.3 is 0 Å². The number of para-hydroxylation sites is 1. The van der Waals surface area contributed by atoms with E-state index in [4.69, 9.17) is 4.74 Å². The number of carbonyl (C=O) groups is 1. The molecular formula is C18H19N3O2S. The van der Waals surface area contributed by atoms with Crippen molar-refractivity contribution in [1.82, 2.24) is 9.99 Å². The molecule has 3 aromatic rings. The maximum absolute atomic E-state index is 12.2. The summed E-state index contributed by atoms with van der Waals surface area (Å²) < 4.78 is 8.71. The highest BCUT2D eigenvalue weighted by atomic mass is 32.1. The topological polar surface area (TPSA) is 55.6 Å². The van der Waals surface area contributed by atoms with Gasteiger partial charge in [-0.3, -0.25) is 4.79 Å². The van der Waals surface area contributed by atoms with Gasteiger partial charge in [0.2, 0.25) is 4.80 Å². The molecule has 3 rings (SSSR count). The molecule has 24 heavy (non-hydrogen) atoms. The van der Waals surface area contributed by atoms with Gasteiger partial charge in [0.25, 0.3) is 5.91 Å². The number of thiazole rings is 1. The summed E-state index contributed by atoms with van der Waals surface area (Å²) in [6.45, 7) is 3.71. The Balaban J connectivity index is 1.71. The Morgan fingerprint density at radius 1 is 1.21 bits per heavy atom. The van der Waals surface area contributed by atoms with Crippen molar-refractivity contribution < 1.29 is 9.53 Å². The van der Waals surface area contributed by atoms with Crippen LogP contribution in [-0.2, 0) is 11.8 Å². The molecule has 0 aliphatic carbocycles. The molecule has 0 saturated carbocycles. The summed E-state index contributed by atoms with van der Waals surface area (Å²) in [5.41, 5.74) is 4.81. The number of hydrogen-bond acceptors (Lipinski definition) is 4. The Morgan fingerprint density at radius 3 is 2.62 bits per heavy atom. The number of rotatable bonds is 4. The molecule has 1 atom stereocenters. The second-order valence-electron chi connectivity index (χ2n) is 5.57. The lowest BCUT2D eigenvalue weighted by molar-refractivity contribution is -0.127. The number of nitrogens with one attached hydrogen (secondary N) is 1. The normalized spacial score (nSPS) is 13.0. The van der Waals surface area contributed by atoms with E-state index in [0.29, 0.717) is 5.75 Å². The van der Waals surface area contributed by atoms with Gasteiger partial charge in [-0.05, 0) is 38.1 Å². The van der Waals surface area contributed by atoms with E-state index in [9.17, 15) is 4.79 Å². The molecule has 124 valence electrons. The van der Waals surface area contributed by atoms with Crippen LogP contribution in [0.1, 0.15) is 12.5 Å². The van der Waals surface area contributed by atoms with Gasteiger partial charge < -0.3 is 9.30 Å². The standard InChI is InChI=1S/C18H19N3O2S/c1-12-8-10-14(11-9-12)23-13(2)17(22)19-20-18-21(3)15-6-4-5-7-16(15)24-18/h4-11,13H,1-3H3,(H,19,22)/b20-18-. The first-order valence-electron chi connectivity index (χ1n) is 7.66. The van der Waals surface area contributed by atoms with E-state index in [1.54, 1.807) is 6.92 Å². The quantitative estimate of drug-likeness (QED) is 0.742. The third-order valence-electron chi connectivity index (χ3n) is 3.68. The summed E-state index contributed by atoms with van der Waals surface area (Å²) in [6, 6.07) is 15.6. The number of hydrogen-bond donors (Lipinski definition) is 1. The van der Waals surface area contributed by atoms with Gasteiger partial charge in [0.15, 0.2) is 6.10 Å². The molecule has 0 fully saturated rings. The van der Waals surface area contributed by atoms with Gasteiger partial charge in [0, 0.05) is 7.05 Å². The van der Waals surface area contributed by atoms with Gasteiger partial charge in [0.05, 0.1) is 10.2 Å². The predicted molar refractivity (Wildman–Crippen MR) is 95.8 cm³/mol. The largest absolute Gasteiger partial charge is 0.481 e. The number of amides is 1. The molecule has 0 radical (unpaired) electrons. The Morgan fingerprint density at radius 2 is 1.92 bits per heavy atom. The predicted octanol–water partition coefficient (Wildman–Crippen LogP) is 2.95. The third-order valence-corrected chi connectivity index (χ3v) is 4.79. The van der Waals surface area contributed by atoms with Gasteiger partial charge in [0.1, 0.15) is 5.75 Å². The van der Waals surface area contributed by atoms with E-state index in [-0.39, 0.29) is 5.91 Å². The molecule has 0 aliphatic heterocycles. The van der Waals surface area contributed by atoms with Crippen LogP contribution in [0, 0.1) is 6.92 Å². The molecule has 1 unspecified atom stereocenters. The van der Waals surface area contributed by atoms with Gasteiger partial charge in [-0.25, -0.2) is 5.43 Å². The first-order chi connectivity index (χ1) is 11.5. The smallest absolute Gasteiger partial charge is 0.280 e. The van der Waals surface area contributed by atoms with Crippen LogP contribution in [0.3, 0.4) is 0 Å². The lowest BCUT2D eigenvalue weighted by Crippen LogP contribution is -2.35.